The lowest BCUT2D eigenvalue weighted by Crippen LogP contribution is -2.24. The molecule has 2 heterocycles. The van der Waals surface area contributed by atoms with E-state index in [1.165, 1.54) is 28.9 Å². The summed E-state index contributed by atoms with van der Waals surface area (Å²) in [6.07, 6.45) is -2.07. The van der Waals surface area contributed by atoms with Crippen molar-refractivity contribution in [2.75, 3.05) is 25.6 Å². The summed E-state index contributed by atoms with van der Waals surface area (Å²) in [7, 11) is 3.10. The minimum absolute atomic E-state index is 0.0126. The largest absolute Gasteiger partial charge is 0.489 e. The van der Waals surface area contributed by atoms with Crippen LogP contribution in [0.2, 0.25) is 0 Å². The average molecular weight is 439 g/mol. The van der Waals surface area contributed by atoms with Gasteiger partial charge in [0.2, 0.25) is 5.91 Å². The monoisotopic (exact) mass is 439 g/mol. The maximum atomic E-state index is 13.1. The van der Waals surface area contributed by atoms with Crippen LogP contribution in [0, 0.1) is 0 Å². The van der Waals surface area contributed by atoms with E-state index in [1.807, 2.05) is 0 Å². The Bertz CT molecular complexity index is 1140. The molecule has 9 nitrogen and oxygen atoms in total. The van der Waals surface area contributed by atoms with Crippen molar-refractivity contribution < 1.29 is 27.4 Å². The van der Waals surface area contributed by atoms with Gasteiger partial charge in [0.1, 0.15) is 17.7 Å². The lowest BCUT2D eigenvalue weighted by molar-refractivity contribution is -0.137. The first-order valence-electron chi connectivity index (χ1n) is 9.20. The molecule has 0 saturated carbocycles. The van der Waals surface area contributed by atoms with Gasteiger partial charge in [0.05, 0.1) is 30.4 Å². The van der Waals surface area contributed by atoms with Crippen molar-refractivity contribution in [2.45, 2.75) is 19.1 Å². The molecule has 0 unspecified atom stereocenters. The Morgan fingerprint density at radius 1 is 1.26 bits per heavy atom. The van der Waals surface area contributed by atoms with Crippen molar-refractivity contribution in [3.8, 4) is 5.75 Å². The predicted octanol–water partition coefficient (Wildman–Crippen LogP) is 2.20. The van der Waals surface area contributed by atoms with E-state index in [1.54, 1.807) is 7.05 Å². The lowest BCUT2D eigenvalue weighted by Gasteiger charge is -2.15. The highest BCUT2D eigenvalue weighted by atomic mass is 19.4. The average Bonchev–Trinajstić information content (AvgIpc) is 3.09. The number of ether oxygens (including phenoxy) is 2. The van der Waals surface area contributed by atoms with Crippen molar-refractivity contribution in [3.05, 3.63) is 46.6 Å². The fraction of sp³-hybridized carbons (Fsp3) is 0.368. The molecular formula is C19H20F3N5O4. The highest BCUT2D eigenvalue weighted by molar-refractivity contribution is 5.92. The Kier molecular flexibility index (Phi) is 6.59. The van der Waals surface area contributed by atoms with Gasteiger partial charge >= 0.3 is 6.18 Å². The zero-order valence-electron chi connectivity index (χ0n) is 16.8. The third-order valence-electron chi connectivity index (χ3n) is 4.42. The Balaban J connectivity index is 1.74. The van der Waals surface area contributed by atoms with E-state index in [4.69, 9.17) is 9.47 Å². The van der Waals surface area contributed by atoms with Crippen LogP contribution in [0.25, 0.3) is 11.0 Å². The Hall–Kier alpha value is -3.41. The van der Waals surface area contributed by atoms with Gasteiger partial charge in [0.25, 0.3) is 5.56 Å². The van der Waals surface area contributed by atoms with Crippen molar-refractivity contribution in [2.24, 2.45) is 7.05 Å². The minimum Gasteiger partial charge on any atom is -0.489 e. The van der Waals surface area contributed by atoms with E-state index in [0.29, 0.717) is 11.0 Å². The summed E-state index contributed by atoms with van der Waals surface area (Å²) in [5, 5.41) is 6.69. The van der Waals surface area contributed by atoms with Crippen molar-refractivity contribution >= 4 is 22.6 Å². The number of aromatic nitrogens is 4. The molecular weight excluding hydrogens is 419 g/mol. The highest BCUT2D eigenvalue weighted by Gasteiger charge is 2.31. The SMILES string of the molecule is COCCOc1ccc(C(F)(F)F)cc1NC(=O)CCn1cnc2c(cnn2C)c1=O. The molecule has 0 radical (unpaired) electrons. The Morgan fingerprint density at radius 2 is 2.03 bits per heavy atom. The van der Waals surface area contributed by atoms with Gasteiger partial charge < -0.3 is 14.8 Å². The number of carbonyl (C=O) groups excluding carboxylic acids is 1. The third-order valence-corrected chi connectivity index (χ3v) is 4.42. The molecule has 0 aliphatic carbocycles. The minimum atomic E-state index is -4.58. The lowest BCUT2D eigenvalue weighted by atomic mass is 10.1. The Morgan fingerprint density at radius 3 is 2.74 bits per heavy atom. The summed E-state index contributed by atoms with van der Waals surface area (Å²) in [6, 6.07) is 2.81. The second-order valence-corrected chi connectivity index (χ2v) is 6.60. The third kappa shape index (κ3) is 5.20. The van der Waals surface area contributed by atoms with Crippen LogP contribution in [-0.4, -0.2) is 45.6 Å². The van der Waals surface area contributed by atoms with Gasteiger partial charge in [0.15, 0.2) is 5.65 Å². The zero-order chi connectivity index (χ0) is 22.6. The van der Waals surface area contributed by atoms with Gasteiger partial charge in [-0.15, -0.1) is 0 Å². The second kappa shape index (κ2) is 9.16. The maximum Gasteiger partial charge on any atom is 0.416 e. The summed E-state index contributed by atoms with van der Waals surface area (Å²) in [6.45, 7) is 0.305. The summed E-state index contributed by atoms with van der Waals surface area (Å²) in [5.41, 5.74) is -1.01. The van der Waals surface area contributed by atoms with Gasteiger partial charge in [-0.05, 0) is 18.2 Å². The number of aryl methyl sites for hydroxylation is 2. The second-order valence-electron chi connectivity index (χ2n) is 6.60. The maximum absolute atomic E-state index is 13.1. The smallest absolute Gasteiger partial charge is 0.416 e. The fourth-order valence-corrected chi connectivity index (χ4v) is 2.83. The summed E-state index contributed by atoms with van der Waals surface area (Å²) in [4.78, 5) is 29.0. The summed E-state index contributed by atoms with van der Waals surface area (Å²) < 4.78 is 52.1. The number of nitrogens with one attached hydrogen (secondary N) is 1. The molecule has 3 rings (SSSR count). The number of alkyl halides is 3. The zero-order valence-corrected chi connectivity index (χ0v) is 16.8. The number of hydrogen-bond acceptors (Lipinski definition) is 6. The number of hydrogen-bond donors (Lipinski definition) is 1. The topological polar surface area (TPSA) is 100 Å². The molecule has 1 amide bonds. The van der Waals surface area contributed by atoms with E-state index in [0.717, 1.165) is 18.2 Å². The Labute approximate surface area is 174 Å². The number of methoxy groups -OCH3 is 1. The molecule has 0 bridgehead atoms. The predicted molar refractivity (Wildman–Crippen MR) is 105 cm³/mol. The molecule has 2 aromatic heterocycles. The number of halogens is 3. The van der Waals surface area contributed by atoms with E-state index >= 15 is 0 Å². The molecule has 31 heavy (non-hydrogen) atoms. The van der Waals surface area contributed by atoms with E-state index in [2.05, 4.69) is 15.4 Å². The summed E-state index contributed by atoms with van der Waals surface area (Å²) in [5.74, 6) is -0.511. The van der Waals surface area contributed by atoms with Crippen LogP contribution in [-0.2, 0) is 29.3 Å². The molecule has 0 saturated heterocycles. The molecule has 0 aliphatic rings. The number of nitrogens with zero attached hydrogens (tertiary/aromatic N) is 4. The molecule has 0 aliphatic heterocycles. The highest BCUT2D eigenvalue weighted by Crippen LogP contribution is 2.35. The van der Waals surface area contributed by atoms with Gasteiger partial charge in [-0.2, -0.15) is 18.3 Å². The normalized spacial score (nSPS) is 11.6. The molecule has 0 atom stereocenters. The van der Waals surface area contributed by atoms with Gasteiger partial charge in [-0.25, -0.2) is 4.98 Å². The van der Waals surface area contributed by atoms with Crippen LogP contribution in [0.15, 0.2) is 35.5 Å². The van der Waals surface area contributed by atoms with Crippen molar-refractivity contribution in [1.82, 2.24) is 19.3 Å². The fourth-order valence-electron chi connectivity index (χ4n) is 2.83. The molecule has 3 aromatic rings. The molecule has 12 heteroatoms. The first-order chi connectivity index (χ1) is 14.7. The number of rotatable bonds is 8. The number of fused-ring (bicyclic) bond motifs is 1. The van der Waals surface area contributed by atoms with Crippen LogP contribution in [0.3, 0.4) is 0 Å². The molecule has 0 spiro atoms. The number of benzene rings is 1. The summed E-state index contributed by atoms with van der Waals surface area (Å²) >= 11 is 0. The van der Waals surface area contributed by atoms with Crippen LogP contribution in [0.1, 0.15) is 12.0 Å². The van der Waals surface area contributed by atoms with E-state index < -0.39 is 17.6 Å². The number of carbonyl (C=O) groups is 1. The van der Waals surface area contributed by atoms with Crippen LogP contribution < -0.4 is 15.6 Å². The first-order valence-corrected chi connectivity index (χ1v) is 9.20. The van der Waals surface area contributed by atoms with Gasteiger partial charge in [0, 0.05) is 27.1 Å². The van der Waals surface area contributed by atoms with Crippen molar-refractivity contribution in [3.63, 3.8) is 0 Å². The molecule has 1 aromatic carbocycles. The van der Waals surface area contributed by atoms with E-state index in [-0.39, 0.29) is 43.2 Å². The van der Waals surface area contributed by atoms with Gasteiger partial charge in [-0.1, -0.05) is 0 Å². The van der Waals surface area contributed by atoms with Crippen LogP contribution in [0.5, 0.6) is 5.75 Å². The van der Waals surface area contributed by atoms with Crippen LogP contribution in [0.4, 0.5) is 18.9 Å². The first kappa shape index (κ1) is 22.3. The quantitative estimate of drug-likeness (QED) is 0.540. The van der Waals surface area contributed by atoms with Crippen LogP contribution >= 0.6 is 0 Å². The molecule has 166 valence electrons. The number of anilines is 1. The molecule has 1 N–H and O–H groups in total. The number of amides is 1. The van der Waals surface area contributed by atoms with Crippen molar-refractivity contribution in [1.29, 1.82) is 0 Å². The molecule has 0 fully saturated rings. The van der Waals surface area contributed by atoms with E-state index in [9.17, 15) is 22.8 Å². The standard InChI is InChI=1S/C19H20F3N5O4/c1-26-17-13(10-24-26)18(29)27(11-23-17)6-5-16(28)25-14-9-12(19(20,21)22)3-4-15(14)31-8-7-30-2/h3-4,9-11H,5-8H2,1-2H3,(H,25,28). The van der Waals surface area contributed by atoms with Gasteiger partial charge in [-0.3, -0.25) is 18.8 Å².